The quantitative estimate of drug-likeness (QED) is 0.718. The summed E-state index contributed by atoms with van der Waals surface area (Å²) in [4.78, 5) is 14.9. The molecule has 0 bridgehead atoms. The Morgan fingerprint density at radius 1 is 1.20 bits per heavy atom. The lowest BCUT2D eigenvalue weighted by atomic mass is 10.0. The average Bonchev–Trinajstić information content (AvgIpc) is 2.65. The minimum absolute atomic E-state index is 0.623. The number of amides is 1. The Hall–Kier alpha value is -0.770. The van der Waals surface area contributed by atoms with E-state index >= 15 is 0 Å². The predicted octanol–water partition coefficient (Wildman–Crippen LogP) is 1.61. The van der Waals surface area contributed by atoms with Gasteiger partial charge in [0.2, 0.25) is 0 Å². The average molecular weight is 212 g/mol. The Labute approximate surface area is 90.9 Å². The van der Waals surface area contributed by atoms with Gasteiger partial charge < -0.3 is 10.0 Å². The molecule has 0 saturated carbocycles. The van der Waals surface area contributed by atoms with Crippen molar-refractivity contribution in [2.45, 2.75) is 44.7 Å². The molecule has 86 valence electrons. The molecule has 0 radical (unpaired) electrons. The molecule has 0 aliphatic carbocycles. The number of hydrogen-bond acceptors (Lipinski definition) is 2. The highest BCUT2D eigenvalue weighted by Gasteiger charge is 2.31. The molecule has 4 nitrogen and oxygen atoms in total. The number of carbonyl (C=O) groups is 1. The van der Waals surface area contributed by atoms with E-state index in [9.17, 15) is 4.79 Å². The Morgan fingerprint density at radius 3 is 2.33 bits per heavy atom. The van der Waals surface area contributed by atoms with Crippen molar-refractivity contribution in [3.63, 3.8) is 0 Å². The standard InChI is InChI=1S/C11H20N2O2/c1-9-3-2-6-13(9)10-4-7-12(8-5-10)11(14)15/h9-10H,2-8H2,1H3,(H,14,15)/t9-/m0/s1. The molecule has 2 aliphatic rings. The number of rotatable bonds is 1. The van der Waals surface area contributed by atoms with Crippen LogP contribution in [0.2, 0.25) is 0 Å². The molecule has 0 spiro atoms. The van der Waals surface area contributed by atoms with Gasteiger partial charge in [0.05, 0.1) is 0 Å². The third-order valence-corrected chi connectivity index (χ3v) is 3.81. The zero-order chi connectivity index (χ0) is 10.8. The summed E-state index contributed by atoms with van der Waals surface area (Å²) in [5.74, 6) is 0. The molecule has 0 aromatic carbocycles. The highest BCUT2D eigenvalue weighted by atomic mass is 16.4. The Balaban J connectivity index is 1.85. The molecule has 2 rings (SSSR count). The molecule has 15 heavy (non-hydrogen) atoms. The number of nitrogens with zero attached hydrogens (tertiary/aromatic N) is 2. The molecule has 2 fully saturated rings. The molecular formula is C11H20N2O2. The first-order chi connectivity index (χ1) is 7.18. The van der Waals surface area contributed by atoms with Gasteiger partial charge >= 0.3 is 6.09 Å². The molecule has 0 unspecified atom stereocenters. The van der Waals surface area contributed by atoms with Gasteiger partial charge in [-0.1, -0.05) is 0 Å². The fraction of sp³-hybridized carbons (Fsp3) is 0.909. The normalized spacial score (nSPS) is 29.7. The maximum atomic E-state index is 10.8. The van der Waals surface area contributed by atoms with Crippen LogP contribution in [-0.4, -0.2) is 52.7 Å². The molecule has 0 aromatic heterocycles. The van der Waals surface area contributed by atoms with E-state index in [2.05, 4.69) is 11.8 Å². The maximum Gasteiger partial charge on any atom is 0.407 e. The molecule has 0 aromatic rings. The van der Waals surface area contributed by atoms with E-state index in [0.717, 1.165) is 12.8 Å². The lowest BCUT2D eigenvalue weighted by molar-refractivity contribution is 0.0922. The Kier molecular flexibility index (Phi) is 3.14. The fourth-order valence-electron chi connectivity index (χ4n) is 2.89. The van der Waals surface area contributed by atoms with Crippen molar-refractivity contribution < 1.29 is 9.90 Å². The van der Waals surface area contributed by atoms with Crippen LogP contribution in [0, 0.1) is 0 Å². The second-order valence-corrected chi connectivity index (χ2v) is 4.73. The van der Waals surface area contributed by atoms with Crippen LogP contribution in [0.5, 0.6) is 0 Å². The predicted molar refractivity (Wildman–Crippen MR) is 58.0 cm³/mol. The van der Waals surface area contributed by atoms with Gasteiger partial charge in [-0.3, -0.25) is 4.90 Å². The molecule has 1 amide bonds. The summed E-state index contributed by atoms with van der Waals surface area (Å²) in [6, 6.07) is 1.32. The van der Waals surface area contributed by atoms with Crippen LogP contribution in [0.3, 0.4) is 0 Å². The van der Waals surface area contributed by atoms with Gasteiger partial charge in [-0.05, 0) is 39.2 Å². The van der Waals surface area contributed by atoms with Crippen LogP contribution in [-0.2, 0) is 0 Å². The SMILES string of the molecule is C[C@H]1CCCN1C1CCN(C(=O)O)CC1. The second kappa shape index (κ2) is 4.39. The monoisotopic (exact) mass is 212 g/mol. The Morgan fingerprint density at radius 2 is 1.87 bits per heavy atom. The van der Waals surface area contributed by atoms with Crippen LogP contribution in [0.25, 0.3) is 0 Å². The molecule has 1 atom stereocenters. The van der Waals surface area contributed by atoms with Crippen molar-refractivity contribution in [1.82, 2.24) is 9.80 Å². The van der Waals surface area contributed by atoms with E-state index in [-0.39, 0.29) is 0 Å². The first-order valence-electron chi connectivity index (χ1n) is 5.92. The highest BCUT2D eigenvalue weighted by molar-refractivity contribution is 5.65. The van der Waals surface area contributed by atoms with E-state index in [4.69, 9.17) is 5.11 Å². The van der Waals surface area contributed by atoms with Crippen LogP contribution < -0.4 is 0 Å². The first-order valence-corrected chi connectivity index (χ1v) is 5.92. The van der Waals surface area contributed by atoms with Gasteiger partial charge in [0.15, 0.2) is 0 Å². The van der Waals surface area contributed by atoms with Crippen molar-refractivity contribution in [1.29, 1.82) is 0 Å². The topological polar surface area (TPSA) is 43.8 Å². The van der Waals surface area contributed by atoms with Gasteiger partial charge in [-0.25, -0.2) is 4.79 Å². The van der Waals surface area contributed by atoms with Crippen LogP contribution in [0.4, 0.5) is 4.79 Å². The number of hydrogen-bond donors (Lipinski definition) is 1. The van der Waals surface area contributed by atoms with Crippen LogP contribution in [0.1, 0.15) is 32.6 Å². The zero-order valence-corrected chi connectivity index (χ0v) is 9.35. The number of likely N-dealkylation sites (tertiary alicyclic amines) is 2. The summed E-state index contributed by atoms with van der Waals surface area (Å²) in [6.45, 7) is 4.92. The van der Waals surface area contributed by atoms with Gasteiger partial charge in [0, 0.05) is 25.2 Å². The zero-order valence-electron chi connectivity index (χ0n) is 9.35. The molecule has 4 heteroatoms. The Bertz CT molecular complexity index is 237. The maximum absolute atomic E-state index is 10.8. The van der Waals surface area contributed by atoms with Crippen molar-refractivity contribution >= 4 is 6.09 Å². The molecular weight excluding hydrogens is 192 g/mol. The van der Waals surface area contributed by atoms with E-state index < -0.39 is 6.09 Å². The lowest BCUT2D eigenvalue weighted by Gasteiger charge is -2.37. The van der Waals surface area contributed by atoms with Crippen molar-refractivity contribution in [3.05, 3.63) is 0 Å². The fourth-order valence-corrected chi connectivity index (χ4v) is 2.89. The number of carboxylic acid groups (broad SMARTS) is 1. The minimum atomic E-state index is -0.761. The summed E-state index contributed by atoms with van der Waals surface area (Å²) in [7, 11) is 0. The first kappa shape index (κ1) is 10.7. The minimum Gasteiger partial charge on any atom is -0.465 e. The van der Waals surface area contributed by atoms with Crippen LogP contribution in [0.15, 0.2) is 0 Å². The van der Waals surface area contributed by atoms with Gasteiger partial charge in [-0.2, -0.15) is 0 Å². The van der Waals surface area contributed by atoms with E-state index in [1.54, 1.807) is 0 Å². The molecule has 1 N–H and O–H groups in total. The largest absolute Gasteiger partial charge is 0.465 e. The van der Waals surface area contributed by atoms with E-state index in [0.29, 0.717) is 25.2 Å². The van der Waals surface area contributed by atoms with Gasteiger partial charge in [-0.15, -0.1) is 0 Å². The molecule has 2 heterocycles. The smallest absolute Gasteiger partial charge is 0.407 e. The van der Waals surface area contributed by atoms with E-state index in [1.807, 2.05) is 0 Å². The third-order valence-electron chi connectivity index (χ3n) is 3.81. The third kappa shape index (κ3) is 2.25. The highest BCUT2D eigenvalue weighted by Crippen LogP contribution is 2.25. The second-order valence-electron chi connectivity index (χ2n) is 4.73. The summed E-state index contributed by atoms with van der Waals surface area (Å²) in [5.41, 5.74) is 0. The van der Waals surface area contributed by atoms with Gasteiger partial charge in [0.25, 0.3) is 0 Å². The van der Waals surface area contributed by atoms with Crippen molar-refractivity contribution in [2.24, 2.45) is 0 Å². The lowest BCUT2D eigenvalue weighted by Crippen LogP contribution is -2.47. The number of piperidine rings is 1. The molecule has 2 saturated heterocycles. The van der Waals surface area contributed by atoms with Crippen molar-refractivity contribution in [2.75, 3.05) is 19.6 Å². The summed E-state index contributed by atoms with van der Waals surface area (Å²) < 4.78 is 0. The summed E-state index contributed by atoms with van der Waals surface area (Å²) >= 11 is 0. The van der Waals surface area contributed by atoms with Gasteiger partial charge in [0.1, 0.15) is 0 Å². The summed E-state index contributed by atoms with van der Waals surface area (Å²) in [6.07, 6.45) is 3.87. The van der Waals surface area contributed by atoms with Crippen LogP contribution >= 0.6 is 0 Å². The van der Waals surface area contributed by atoms with E-state index in [1.165, 1.54) is 24.3 Å². The van der Waals surface area contributed by atoms with Crippen molar-refractivity contribution in [3.8, 4) is 0 Å². The molecule has 2 aliphatic heterocycles. The summed E-state index contributed by atoms with van der Waals surface area (Å²) in [5, 5.41) is 8.85.